The molecule has 3 N–H and O–H groups in total. The molecule has 0 aliphatic rings. The molecule has 0 spiro atoms. The van der Waals surface area contributed by atoms with Crippen LogP contribution in [0.4, 0.5) is 21.8 Å². The van der Waals surface area contributed by atoms with Crippen LogP contribution in [0.2, 0.25) is 0 Å². The Morgan fingerprint density at radius 3 is 2.84 bits per heavy atom. The third-order valence-corrected chi connectivity index (χ3v) is 2.84. The summed E-state index contributed by atoms with van der Waals surface area (Å²) >= 11 is 0. The van der Waals surface area contributed by atoms with Crippen LogP contribution in [0.5, 0.6) is 0 Å². The van der Waals surface area contributed by atoms with Gasteiger partial charge < -0.3 is 15.5 Å². The zero-order valence-electron chi connectivity index (χ0n) is 10.3. The second kappa shape index (κ2) is 4.28. The number of oxazole rings is 1. The van der Waals surface area contributed by atoms with Gasteiger partial charge in [-0.2, -0.15) is 4.98 Å². The molecule has 0 aliphatic heterocycles. The van der Waals surface area contributed by atoms with Gasteiger partial charge in [-0.05, 0) is 42.8 Å². The van der Waals surface area contributed by atoms with Crippen molar-refractivity contribution in [3.8, 4) is 0 Å². The van der Waals surface area contributed by atoms with E-state index in [0.717, 1.165) is 16.8 Å². The Kier molecular flexibility index (Phi) is 2.59. The van der Waals surface area contributed by atoms with Crippen LogP contribution in [-0.2, 0) is 0 Å². The predicted molar refractivity (Wildman–Crippen MR) is 72.8 cm³/mol. The highest BCUT2D eigenvalue weighted by Gasteiger charge is 2.07. The van der Waals surface area contributed by atoms with Crippen LogP contribution in [-0.4, -0.2) is 4.98 Å². The highest BCUT2D eigenvalue weighted by Crippen LogP contribution is 2.25. The molecule has 1 heterocycles. The summed E-state index contributed by atoms with van der Waals surface area (Å²) in [4.78, 5) is 4.29. The Bertz CT molecular complexity index is 752. The monoisotopic (exact) mass is 257 g/mol. The van der Waals surface area contributed by atoms with Crippen molar-refractivity contribution >= 4 is 28.5 Å². The molecule has 19 heavy (non-hydrogen) atoms. The third kappa shape index (κ3) is 2.22. The molecule has 0 saturated heterocycles. The number of aryl methyl sites for hydroxylation is 1. The van der Waals surface area contributed by atoms with Crippen LogP contribution in [0, 0.1) is 12.7 Å². The third-order valence-electron chi connectivity index (χ3n) is 2.84. The van der Waals surface area contributed by atoms with E-state index in [1.54, 1.807) is 24.3 Å². The summed E-state index contributed by atoms with van der Waals surface area (Å²) in [5.41, 5.74) is 9.16. The van der Waals surface area contributed by atoms with Crippen molar-refractivity contribution in [3.63, 3.8) is 0 Å². The number of nitrogen functional groups attached to an aromatic ring is 1. The second-order valence-electron chi connectivity index (χ2n) is 4.33. The standard InChI is InChI=1S/C14H12FN3O/c1-8-6-9(15)2-4-11(8)17-14-18-12-5-3-10(16)7-13(12)19-14/h2-7H,16H2,1H3,(H,17,18). The van der Waals surface area contributed by atoms with E-state index in [4.69, 9.17) is 10.2 Å². The van der Waals surface area contributed by atoms with Gasteiger partial charge in [-0.3, -0.25) is 0 Å². The van der Waals surface area contributed by atoms with Crippen molar-refractivity contribution in [2.24, 2.45) is 0 Å². The van der Waals surface area contributed by atoms with E-state index in [1.165, 1.54) is 12.1 Å². The molecule has 2 aromatic carbocycles. The fourth-order valence-electron chi connectivity index (χ4n) is 1.88. The Balaban J connectivity index is 1.96. The van der Waals surface area contributed by atoms with Crippen LogP contribution >= 0.6 is 0 Å². The van der Waals surface area contributed by atoms with Gasteiger partial charge in [0.15, 0.2) is 5.58 Å². The van der Waals surface area contributed by atoms with Crippen molar-refractivity contribution in [2.45, 2.75) is 6.92 Å². The van der Waals surface area contributed by atoms with Crippen LogP contribution < -0.4 is 11.1 Å². The summed E-state index contributed by atoms with van der Waals surface area (Å²) in [6.07, 6.45) is 0. The number of benzene rings is 2. The second-order valence-corrected chi connectivity index (χ2v) is 4.33. The zero-order valence-corrected chi connectivity index (χ0v) is 10.3. The highest BCUT2D eigenvalue weighted by molar-refractivity contribution is 5.78. The van der Waals surface area contributed by atoms with E-state index in [2.05, 4.69) is 10.3 Å². The molecule has 3 aromatic rings. The molecule has 0 saturated carbocycles. The molecular weight excluding hydrogens is 245 g/mol. The lowest BCUT2D eigenvalue weighted by molar-refractivity contribution is 0.620. The SMILES string of the molecule is Cc1cc(F)ccc1Nc1nc2ccc(N)cc2o1. The number of fused-ring (bicyclic) bond motifs is 1. The molecule has 0 fully saturated rings. The first-order valence-corrected chi connectivity index (χ1v) is 5.81. The van der Waals surface area contributed by atoms with E-state index >= 15 is 0 Å². The first-order chi connectivity index (χ1) is 9.11. The van der Waals surface area contributed by atoms with Gasteiger partial charge in [0.1, 0.15) is 11.3 Å². The van der Waals surface area contributed by atoms with Crippen LogP contribution in [0.25, 0.3) is 11.1 Å². The smallest absolute Gasteiger partial charge is 0.300 e. The maximum absolute atomic E-state index is 13.0. The molecule has 0 atom stereocenters. The first-order valence-electron chi connectivity index (χ1n) is 5.81. The topological polar surface area (TPSA) is 64.1 Å². The fraction of sp³-hybridized carbons (Fsp3) is 0.0714. The normalized spacial score (nSPS) is 10.8. The number of rotatable bonds is 2. The van der Waals surface area contributed by atoms with E-state index in [1.807, 2.05) is 6.92 Å². The van der Waals surface area contributed by atoms with Crippen molar-refractivity contribution in [3.05, 3.63) is 47.8 Å². The lowest BCUT2D eigenvalue weighted by Crippen LogP contribution is -1.93. The minimum Gasteiger partial charge on any atom is -0.423 e. The Labute approximate surface area is 109 Å². The number of nitrogens with zero attached hydrogens (tertiary/aromatic N) is 1. The van der Waals surface area contributed by atoms with E-state index < -0.39 is 0 Å². The lowest BCUT2D eigenvalue weighted by atomic mass is 10.2. The number of aromatic nitrogens is 1. The van der Waals surface area contributed by atoms with Gasteiger partial charge in [-0.15, -0.1) is 0 Å². The summed E-state index contributed by atoms with van der Waals surface area (Å²) in [6, 6.07) is 10.1. The Morgan fingerprint density at radius 2 is 2.05 bits per heavy atom. The van der Waals surface area contributed by atoms with Crippen molar-refractivity contribution in [1.29, 1.82) is 0 Å². The van der Waals surface area contributed by atoms with E-state index in [0.29, 0.717) is 17.3 Å². The minimum absolute atomic E-state index is 0.270. The van der Waals surface area contributed by atoms with Crippen LogP contribution in [0.3, 0.4) is 0 Å². The summed E-state index contributed by atoms with van der Waals surface area (Å²) < 4.78 is 18.6. The number of nitrogens with two attached hydrogens (primary N) is 1. The van der Waals surface area contributed by atoms with E-state index in [-0.39, 0.29) is 5.82 Å². The van der Waals surface area contributed by atoms with Gasteiger partial charge in [0.2, 0.25) is 0 Å². The van der Waals surface area contributed by atoms with Gasteiger partial charge >= 0.3 is 0 Å². The molecule has 1 aromatic heterocycles. The molecule has 0 radical (unpaired) electrons. The van der Waals surface area contributed by atoms with Crippen LogP contribution in [0.1, 0.15) is 5.56 Å². The van der Waals surface area contributed by atoms with Crippen molar-refractivity contribution in [2.75, 3.05) is 11.1 Å². The average Bonchev–Trinajstić information content (AvgIpc) is 2.74. The van der Waals surface area contributed by atoms with Crippen LogP contribution in [0.15, 0.2) is 40.8 Å². The molecule has 0 unspecified atom stereocenters. The highest BCUT2D eigenvalue weighted by atomic mass is 19.1. The number of hydrogen-bond acceptors (Lipinski definition) is 4. The summed E-state index contributed by atoms with van der Waals surface area (Å²) in [6.45, 7) is 1.81. The Morgan fingerprint density at radius 1 is 1.21 bits per heavy atom. The molecular formula is C14H12FN3O. The molecule has 96 valence electrons. The number of anilines is 3. The van der Waals surface area contributed by atoms with Gasteiger partial charge in [-0.1, -0.05) is 0 Å². The number of hydrogen-bond donors (Lipinski definition) is 2. The molecule has 0 bridgehead atoms. The number of nitrogens with one attached hydrogen (secondary N) is 1. The van der Waals surface area contributed by atoms with Gasteiger partial charge in [0.05, 0.1) is 0 Å². The lowest BCUT2D eigenvalue weighted by Gasteiger charge is -2.05. The average molecular weight is 257 g/mol. The van der Waals surface area contributed by atoms with E-state index in [9.17, 15) is 4.39 Å². The van der Waals surface area contributed by atoms with Gasteiger partial charge in [-0.25, -0.2) is 4.39 Å². The number of halogens is 1. The molecule has 4 nitrogen and oxygen atoms in total. The Hall–Kier alpha value is -2.56. The summed E-state index contributed by atoms with van der Waals surface area (Å²) in [7, 11) is 0. The summed E-state index contributed by atoms with van der Waals surface area (Å²) in [5.74, 6) is -0.270. The summed E-state index contributed by atoms with van der Waals surface area (Å²) in [5, 5.41) is 3.02. The first kappa shape index (κ1) is 11.5. The molecule has 0 amide bonds. The predicted octanol–water partition coefficient (Wildman–Crippen LogP) is 3.60. The fourth-order valence-corrected chi connectivity index (χ4v) is 1.88. The minimum atomic E-state index is -0.270. The quantitative estimate of drug-likeness (QED) is 0.688. The van der Waals surface area contributed by atoms with Crippen molar-refractivity contribution in [1.82, 2.24) is 4.98 Å². The van der Waals surface area contributed by atoms with Gasteiger partial charge in [0, 0.05) is 17.4 Å². The zero-order chi connectivity index (χ0) is 13.4. The molecule has 3 rings (SSSR count). The maximum Gasteiger partial charge on any atom is 0.300 e. The largest absolute Gasteiger partial charge is 0.423 e. The van der Waals surface area contributed by atoms with Crippen molar-refractivity contribution < 1.29 is 8.81 Å². The molecule has 0 aliphatic carbocycles. The van der Waals surface area contributed by atoms with Gasteiger partial charge in [0.25, 0.3) is 6.01 Å². The molecule has 5 heteroatoms. The maximum atomic E-state index is 13.0.